The third-order valence-corrected chi connectivity index (χ3v) is 2.78. The van der Waals surface area contributed by atoms with Crippen molar-refractivity contribution in [1.82, 2.24) is 15.2 Å². The van der Waals surface area contributed by atoms with E-state index in [0.29, 0.717) is 11.3 Å². The maximum atomic E-state index is 12.1. The molecule has 1 heterocycles. The van der Waals surface area contributed by atoms with Crippen molar-refractivity contribution in [2.45, 2.75) is 0 Å². The number of carbonyl (C=O) groups excluding carboxylic acids is 1. The topological polar surface area (TPSA) is 89.1 Å². The van der Waals surface area contributed by atoms with Crippen LogP contribution in [0.25, 0.3) is 0 Å². The molecule has 1 aromatic heterocycles. The van der Waals surface area contributed by atoms with Gasteiger partial charge < -0.3 is 9.47 Å². The second-order valence-electron chi connectivity index (χ2n) is 3.47. The minimum atomic E-state index is -0.358. The number of hydrogen-bond acceptors (Lipinski definition) is 5. The molecule has 0 atom stereocenters. The van der Waals surface area contributed by atoms with Gasteiger partial charge in [-0.05, 0) is 18.2 Å². The van der Waals surface area contributed by atoms with Crippen LogP contribution in [0.3, 0.4) is 0 Å². The van der Waals surface area contributed by atoms with E-state index < -0.39 is 0 Å². The van der Waals surface area contributed by atoms with Gasteiger partial charge >= 0.3 is 6.01 Å². The Morgan fingerprint density at radius 2 is 2.16 bits per heavy atom. The second-order valence-corrected chi connectivity index (χ2v) is 4.39. The summed E-state index contributed by atoms with van der Waals surface area (Å²) in [5, 5.41) is 8.83. The zero-order chi connectivity index (χ0) is 13.8. The average molecular weight is 327 g/mol. The lowest BCUT2D eigenvalue weighted by Gasteiger charge is -2.07. The first-order valence-electron chi connectivity index (χ1n) is 5.25. The normalized spacial score (nSPS) is 10.1. The maximum absolute atomic E-state index is 12.1. The highest BCUT2D eigenvalue weighted by Gasteiger charge is 2.14. The quantitative estimate of drug-likeness (QED) is 0.894. The van der Waals surface area contributed by atoms with Gasteiger partial charge in [0.05, 0.1) is 19.8 Å². The molecule has 2 rings (SSSR count). The Kier molecular flexibility index (Phi) is 4.00. The smallest absolute Gasteiger partial charge is 0.336 e. The van der Waals surface area contributed by atoms with Crippen molar-refractivity contribution in [2.75, 3.05) is 19.5 Å². The Morgan fingerprint density at radius 1 is 1.37 bits per heavy atom. The summed E-state index contributed by atoms with van der Waals surface area (Å²) >= 11 is 3.31. The Morgan fingerprint density at radius 3 is 2.79 bits per heavy atom. The minimum Gasteiger partial charge on any atom is -0.496 e. The lowest BCUT2D eigenvalue weighted by Crippen LogP contribution is -2.14. The number of nitrogens with one attached hydrogen (secondary N) is 2. The first-order chi connectivity index (χ1) is 9.13. The van der Waals surface area contributed by atoms with Crippen LogP contribution in [-0.4, -0.2) is 35.3 Å². The molecule has 0 aliphatic carbocycles. The summed E-state index contributed by atoms with van der Waals surface area (Å²) < 4.78 is 10.8. The van der Waals surface area contributed by atoms with Gasteiger partial charge in [0.25, 0.3) is 5.91 Å². The van der Waals surface area contributed by atoms with Crippen LogP contribution in [-0.2, 0) is 0 Å². The summed E-state index contributed by atoms with van der Waals surface area (Å²) in [4.78, 5) is 16.0. The molecule has 8 heteroatoms. The number of nitrogens with zero attached hydrogens (tertiary/aromatic N) is 2. The fourth-order valence-electron chi connectivity index (χ4n) is 1.42. The van der Waals surface area contributed by atoms with Gasteiger partial charge in [0.1, 0.15) is 5.75 Å². The van der Waals surface area contributed by atoms with Crippen LogP contribution in [0.5, 0.6) is 11.8 Å². The maximum Gasteiger partial charge on any atom is 0.336 e. The lowest BCUT2D eigenvalue weighted by molar-refractivity contribution is 0.102. The van der Waals surface area contributed by atoms with E-state index in [2.05, 4.69) is 36.4 Å². The van der Waals surface area contributed by atoms with Crippen molar-refractivity contribution in [3.63, 3.8) is 0 Å². The summed E-state index contributed by atoms with van der Waals surface area (Å²) in [5.74, 6) is 0.299. The van der Waals surface area contributed by atoms with E-state index >= 15 is 0 Å². The minimum absolute atomic E-state index is 0.151. The molecule has 0 bridgehead atoms. The average Bonchev–Trinajstić information content (AvgIpc) is 2.86. The van der Waals surface area contributed by atoms with E-state index in [1.54, 1.807) is 18.2 Å². The number of carbonyl (C=O) groups is 1. The highest BCUT2D eigenvalue weighted by atomic mass is 79.9. The van der Waals surface area contributed by atoms with E-state index in [1.165, 1.54) is 14.2 Å². The van der Waals surface area contributed by atoms with Gasteiger partial charge in [0, 0.05) is 4.47 Å². The van der Waals surface area contributed by atoms with Crippen molar-refractivity contribution < 1.29 is 14.3 Å². The van der Waals surface area contributed by atoms with Crippen LogP contribution in [0.2, 0.25) is 0 Å². The number of aromatic amines is 1. The molecule has 100 valence electrons. The van der Waals surface area contributed by atoms with E-state index in [0.717, 1.165) is 4.47 Å². The third-order valence-electron chi connectivity index (χ3n) is 2.29. The molecular formula is C11H11BrN4O3. The molecule has 0 spiro atoms. The molecule has 1 amide bonds. The molecule has 0 saturated heterocycles. The summed E-state index contributed by atoms with van der Waals surface area (Å²) in [6.45, 7) is 0. The predicted molar refractivity (Wildman–Crippen MR) is 71.6 cm³/mol. The van der Waals surface area contributed by atoms with Gasteiger partial charge in [-0.25, -0.2) is 5.10 Å². The third kappa shape index (κ3) is 3.02. The van der Waals surface area contributed by atoms with Crippen LogP contribution >= 0.6 is 15.9 Å². The van der Waals surface area contributed by atoms with Crippen molar-refractivity contribution in [1.29, 1.82) is 0 Å². The fraction of sp³-hybridized carbons (Fsp3) is 0.182. The van der Waals surface area contributed by atoms with Crippen molar-refractivity contribution in [2.24, 2.45) is 0 Å². The summed E-state index contributed by atoms with van der Waals surface area (Å²) in [7, 11) is 2.93. The summed E-state index contributed by atoms with van der Waals surface area (Å²) in [6, 6.07) is 5.25. The van der Waals surface area contributed by atoms with Gasteiger partial charge in [0.2, 0.25) is 5.95 Å². The molecule has 2 N–H and O–H groups in total. The predicted octanol–water partition coefficient (Wildman–Crippen LogP) is 1.84. The number of halogens is 1. The number of benzene rings is 1. The number of anilines is 1. The number of H-pyrrole nitrogens is 1. The Bertz CT molecular complexity index is 599. The SMILES string of the molecule is COc1n[nH]c(NC(=O)c2ccc(Br)cc2OC)n1. The first kappa shape index (κ1) is 13.3. The molecule has 7 nitrogen and oxygen atoms in total. The van der Waals surface area contributed by atoms with E-state index in [4.69, 9.17) is 9.47 Å². The largest absolute Gasteiger partial charge is 0.496 e. The van der Waals surface area contributed by atoms with Crippen molar-refractivity contribution in [3.8, 4) is 11.8 Å². The highest BCUT2D eigenvalue weighted by molar-refractivity contribution is 9.10. The number of rotatable bonds is 4. The number of ether oxygens (including phenoxy) is 2. The molecule has 0 radical (unpaired) electrons. The molecule has 2 aromatic rings. The zero-order valence-corrected chi connectivity index (χ0v) is 11.8. The molecule has 0 saturated carbocycles. The van der Waals surface area contributed by atoms with Crippen molar-refractivity contribution in [3.05, 3.63) is 28.2 Å². The number of hydrogen-bond donors (Lipinski definition) is 2. The van der Waals surface area contributed by atoms with Gasteiger partial charge in [-0.15, -0.1) is 5.10 Å². The zero-order valence-electron chi connectivity index (χ0n) is 10.2. The van der Waals surface area contributed by atoms with Crippen molar-refractivity contribution >= 4 is 27.8 Å². The van der Waals surface area contributed by atoms with Gasteiger partial charge in [-0.1, -0.05) is 15.9 Å². The first-order valence-corrected chi connectivity index (χ1v) is 6.04. The van der Waals surface area contributed by atoms with Gasteiger partial charge in [-0.3, -0.25) is 10.1 Å². The second kappa shape index (κ2) is 5.70. The molecule has 1 aromatic carbocycles. The van der Waals surface area contributed by atoms with E-state index in [1.807, 2.05) is 0 Å². The molecule has 19 heavy (non-hydrogen) atoms. The molecule has 0 fully saturated rings. The van der Waals surface area contributed by atoms with Gasteiger partial charge in [-0.2, -0.15) is 4.98 Å². The Labute approximate surface area is 117 Å². The Hall–Kier alpha value is -2.09. The fourth-order valence-corrected chi connectivity index (χ4v) is 1.76. The summed E-state index contributed by atoms with van der Waals surface area (Å²) in [6.07, 6.45) is 0. The van der Waals surface area contributed by atoms with Gasteiger partial charge in [0.15, 0.2) is 0 Å². The molecular weight excluding hydrogens is 316 g/mol. The molecule has 0 unspecified atom stereocenters. The van der Waals surface area contributed by atoms with Crippen LogP contribution in [0.15, 0.2) is 22.7 Å². The highest BCUT2D eigenvalue weighted by Crippen LogP contribution is 2.24. The standard InChI is InChI=1S/C11H11BrN4O3/c1-18-8-5-6(12)3-4-7(8)9(17)13-10-14-11(19-2)16-15-10/h3-5H,1-2H3,(H2,13,14,15,16,17). The lowest BCUT2D eigenvalue weighted by atomic mass is 10.2. The van der Waals surface area contributed by atoms with E-state index in [9.17, 15) is 4.79 Å². The summed E-state index contributed by atoms with van der Waals surface area (Å²) in [5.41, 5.74) is 0.390. The molecule has 0 aliphatic heterocycles. The van der Waals surface area contributed by atoms with Crippen LogP contribution < -0.4 is 14.8 Å². The monoisotopic (exact) mass is 326 g/mol. The Balaban J connectivity index is 2.20. The van der Waals surface area contributed by atoms with Crippen LogP contribution in [0.4, 0.5) is 5.95 Å². The number of methoxy groups -OCH3 is 2. The molecule has 0 aliphatic rings. The van der Waals surface area contributed by atoms with Crippen LogP contribution in [0, 0.1) is 0 Å². The number of amides is 1. The van der Waals surface area contributed by atoms with Crippen LogP contribution in [0.1, 0.15) is 10.4 Å². The number of aromatic nitrogens is 3. The van der Waals surface area contributed by atoms with E-state index in [-0.39, 0.29) is 17.9 Å².